The number of aromatic amines is 1. The van der Waals surface area contributed by atoms with Crippen molar-refractivity contribution in [1.29, 1.82) is 0 Å². The second-order valence-electron chi connectivity index (χ2n) is 5.56. The second-order valence-corrected chi connectivity index (χ2v) is 5.56. The minimum Gasteiger partial charge on any atom is -0.368 e. The first-order chi connectivity index (χ1) is 11.0. The largest absolute Gasteiger partial charge is 0.368 e. The minimum atomic E-state index is -0.377. The van der Waals surface area contributed by atoms with E-state index in [1.165, 1.54) is 6.07 Å². The van der Waals surface area contributed by atoms with Crippen molar-refractivity contribution in [3.05, 3.63) is 46.2 Å². The molecule has 3 rings (SSSR count). The van der Waals surface area contributed by atoms with Gasteiger partial charge in [0.2, 0.25) is 5.91 Å². The van der Waals surface area contributed by atoms with Crippen LogP contribution in [-0.2, 0) is 16.1 Å². The van der Waals surface area contributed by atoms with Gasteiger partial charge in [0, 0.05) is 25.0 Å². The molecule has 0 aliphatic carbocycles. The van der Waals surface area contributed by atoms with E-state index in [-0.39, 0.29) is 24.1 Å². The molecule has 1 amide bonds. The maximum Gasteiger partial charge on any atom is 0.251 e. The summed E-state index contributed by atoms with van der Waals surface area (Å²) in [5.41, 5.74) is 0.344. The molecule has 8 nitrogen and oxygen atoms in total. The van der Waals surface area contributed by atoms with Crippen LogP contribution >= 0.6 is 0 Å². The molecule has 1 N–H and O–H groups in total. The number of amides is 1. The lowest BCUT2D eigenvalue weighted by Gasteiger charge is -2.32. The summed E-state index contributed by atoms with van der Waals surface area (Å²) < 4.78 is 7.49. The fourth-order valence-corrected chi connectivity index (χ4v) is 2.64. The Balaban J connectivity index is 1.71. The summed E-state index contributed by atoms with van der Waals surface area (Å²) in [5, 5.41) is 0. The number of hydrogen-bond acceptors (Lipinski definition) is 5. The van der Waals surface area contributed by atoms with Crippen molar-refractivity contribution in [3.63, 3.8) is 0 Å². The molecule has 1 atom stereocenters. The Bertz CT molecular complexity index is 766. The van der Waals surface area contributed by atoms with Crippen LogP contribution in [0.5, 0.6) is 0 Å². The van der Waals surface area contributed by atoms with Gasteiger partial charge in [-0.15, -0.1) is 0 Å². The van der Waals surface area contributed by atoms with Crippen LogP contribution in [0.4, 0.5) is 0 Å². The van der Waals surface area contributed by atoms with Crippen molar-refractivity contribution in [2.45, 2.75) is 26.5 Å². The molecule has 1 aliphatic heterocycles. The fraction of sp³-hybridized carbons (Fsp3) is 0.467. The minimum absolute atomic E-state index is 0.000891. The molecule has 8 heteroatoms. The van der Waals surface area contributed by atoms with Gasteiger partial charge in [-0.1, -0.05) is 0 Å². The monoisotopic (exact) mass is 317 g/mol. The zero-order valence-corrected chi connectivity index (χ0v) is 13.2. The van der Waals surface area contributed by atoms with Gasteiger partial charge in [0.1, 0.15) is 24.3 Å². The molecular weight excluding hydrogens is 298 g/mol. The Hall–Kier alpha value is -2.48. The highest BCUT2D eigenvalue weighted by atomic mass is 16.5. The van der Waals surface area contributed by atoms with Gasteiger partial charge in [0.05, 0.1) is 18.8 Å². The average Bonchev–Trinajstić information content (AvgIpc) is 2.91. The number of imidazole rings is 1. The van der Waals surface area contributed by atoms with Crippen LogP contribution < -0.4 is 5.56 Å². The normalized spacial score (nSPS) is 18.2. The summed E-state index contributed by atoms with van der Waals surface area (Å²) in [6.45, 7) is 5.18. The van der Waals surface area contributed by atoms with Gasteiger partial charge in [0.25, 0.3) is 5.56 Å². The second kappa shape index (κ2) is 6.33. The maximum absolute atomic E-state index is 12.5. The van der Waals surface area contributed by atoms with E-state index in [4.69, 9.17) is 4.74 Å². The Kier molecular flexibility index (Phi) is 4.24. The number of nitrogens with one attached hydrogen (secondary N) is 1. The molecule has 0 radical (unpaired) electrons. The first kappa shape index (κ1) is 15.4. The number of H-pyrrole nitrogens is 1. The van der Waals surface area contributed by atoms with Gasteiger partial charge < -0.3 is 19.2 Å². The zero-order valence-electron chi connectivity index (χ0n) is 13.2. The number of hydrogen-bond donors (Lipinski definition) is 1. The van der Waals surface area contributed by atoms with E-state index in [1.807, 2.05) is 11.5 Å². The number of carbonyl (C=O) groups excluding carboxylic acids is 1. The van der Waals surface area contributed by atoms with Crippen molar-refractivity contribution in [3.8, 4) is 0 Å². The van der Waals surface area contributed by atoms with Gasteiger partial charge in [-0.3, -0.25) is 9.59 Å². The van der Waals surface area contributed by atoms with Gasteiger partial charge in [0.15, 0.2) is 0 Å². The van der Waals surface area contributed by atoms with E-state index < -0.39 is 0 Å². The van der Waals surface area contributed by atoms with Gasteiger partial charge >= 0.3 is 0 Å². The molecule has 1 aliphatic rings. The van der Waals surface area contributed by atoms with E-state index in [9.17, 15) is 9.59 Å². The van der Waals surface area contributed by atoms with Crippen LogP contribution in [0.25, 0.3) is 0 Å². The van der Waals surface area contributed by atoms with Crippen molar-refractivity contribution >= 4 is 5.91 Å². The molecule has 1 saturated heterocycles. The first-order valence-corrected chi connectivity index (χ1v) is 7.48. The highest BCUT2D eigenvalue weighted by Gasteiger charge is 2.27. The molecule has 1 fully saturated rings. The lowest BCUT2D eigenvalue weighted by Crippen LogP contribution is -2.44. The highest BCUT2D eigenvalue weighted by molar-refractivity contribution is 5.76. The van der Waals surface area contributed by atoms with Crippen molar-refractivity contribution in [2.75, 3.05) is 19.7 Å². The van der Waals surface area contributed by atoms with Crippen LogP contribution in [0, 0.1) is 13.8 Å². The topological polar surface area (TPSA) is 93.1 Å². The molecule has 2 aromatic heterocycles. The summed E-state index contributed by atoms with van der Waals surface area (Å²) in [5.74, 6) is 1.34. The molecule has 1 unspecified atom stereocenters. The fourth-order valence-electron chi connectivity index (χ4n) is 2.64. The predicted molar refractivity (Wildman–Crippen MR) is 81.8 cm³/mol. The summed E-state index contributed by atoms with van der Waals surface area (Å²) in [4.78, 5) is 36.8. The Morgan fingerprint density at radius 3 is 3.00 bits per heavy atom. The SMILES string of the molecule is Cc1nc(C2CN(C(=O)Cn3ccnc3C)CCO2)cc(=O)[nH]1. The summed E-state index contributed by atoms with van der Waals surface area (Å²) in [6.07, 6.45) is 3.08. The van der Waals surface area contributed by atoms with E-state index in [0.717, 1.165) is 5.82 Å². The Morgan fingerprint density at radius 1 is 1.48 bits per heavy atom. The summed E-state index contributed by atoms with van der Waals surface area (Å²) in [7, 11) is 0. The first-order valence-electron chi connectivity index (χ1n) is 7.48. The molecule has 0 aromatic carbocycles. The van der Waals surface area contributed by atoms with E-state index >= 15 is 0 Å². The quantitative estimate of drug-likeness (QED) is 0.872. The number of ether oxygens (including phenoxy) is 1. The Labute approximate surface area is 133 Å². The maximum atomic E-state index is 12.5. The van der Waals surface area contributed by atoms with Crippen molar-refractivity contribution in [2.24, 2.45) is 0 Å². The van der Waals surface area contributed by atoms with Crippen LogP contribution in [0.15, 0.2) is 23.3 Å². The Morgan fingerprint density at radius 2 is 2.30 bits per heavy atom. The molecule has 23 heavy (non-hydrogen) atoms. The van der Waals surface area contributed by atoms with E-state index in [1.54, 1.807) is 24.2 Å². The predicted octanol–water partition coefficient (Wildman–Crippen LogP) is 0.183. The number of carbonyl (C=O) groups is 1. The number of nitrogens with zero attached hydrogens (tertiary/aromatic N) is 4. The number of rotatable bonds is 3. The standard InChI is InChI=1S/C15H19N5O3/c1-10-17-12(7-14(21)18-10)13-8-20(5-6-23-13)15(22)9-19-4-3-16-11(19)2/h3-4,7,13H,5-6,8-9H2,1-2H3,(H,17,18,21). The number of morpholine rings is 1. The van der Waals surface area contributed by atoms with Gasteiger partial charge in [-0.05, 0) is 13.8 Å². The third-order valence-electron chi connectivity index (χ3n) is 3.86. The average molecular weight is 317 g/mol. The van der Waals surface area contributed by atoms with E-state index in [0.29, 0.717) is 31.2 Å². The van der Waals surface area contributed by atoms with Gasteiger partial charge in [-0.25, -0.2) is 9.97 Å². The molecule has 0 saturated carbocycles. The highest BCUT2D eigenvalue weighted by Crippen LogP contribution is 2.20. The third kappa shape index (κ3) is 3.48. The molecule has 2 aromatic rings. The molecule has 0 bridgehead atoms. The molecule has 3 heterocycles. The number of aryl methyl sites for hydroxylation is 2. The lowest BCUT2D eigenvalue weighted by atomic mass is 10.2. The van der Waals surface area contributed by atoms with Crippen LogP contribution in [0.1, 0.15) is 23.4 Å². The zero-order chi connectivity index (χ0) is 16.4. The van der Waals surface area contributed by atoms with Crippen molar-refractivity contribution < 1.29 is 9.53 Å². The molecule has 122 valence electrons. The molecule has 0 spiro atoms. The lowest BCUT2D eigenvalue weighted by molar-refractivity contribution is -0.139. The van der Waals surface area contributed by atoms with Crippen LogP contribution in [0.2, 0.25) is 0 Å². The smallest absolute Gasteiger partial charge is 0.251 e. The van der Waals surface area contributed by atoms with Crippen LogP contribution in [0.3, 0.4) is 0 Å². The molecular formula is C15H19N5O3. The van der Waals surface area contributed by atoms with Crippen molar-refractivity contribution in [1.82, 2.24) is 24.4 Å². The number of aromatic nitrogens is 4. The summed E-state index contributed by atoms with van der Waals surface area (Å²) >= 11 is 0. The van der Waals surface area contributed by atoms with E-state index in [2.05, 4.69) is 15.0 Å². The van der Waals surface area contributed by atoms with Gasteiger partial charge in [-0.2, -0.15) is 0 Å². The van der Waals surface area contributed by atoms with Crippen LogP contribution in [-0.4, -0.2) is 50.0 Å². The summed E-state index contributed by atoms with van der Waals surface area (Å²) in [6, 6.07) is 1.42. The third-order valence-corrected chi connectivity index (χ3v) is 3.86.